The van der Waals surface area contributed by atoms with Gasteiger partial charge < -0.3 is 14.4 Å². The summed E-state index contributed by atoms with van der Waals surface area (Å²) in [5.74, 6) is 0.446. The van der Waals surface area contributed by atoms with Crippen molar-refractivity contribution in [3.05, 3.63) is 164 Å². The Balaban J connectivity index is 0.000000222. The molecule has 5 heteroatoms. The van der Waals surface area contributed by atoms with Crippen LogP contribution in [0.3, 0.4) is 0 Å². The van der Waals surface area contributed by atoms with Crippen molar-refractivity contribution >= 4 is 35.2 Å². The second-order valence-electron chi connectivity index (χ2n) is 13.9. The zero-order valence-electron chi connectivity index (χ0n) is 29.6. The number of benzene rings is 5. The molecule has 0 N–H and O–H groups in total. The maximum Gasteiger partial charge on any atom is 0.128 e. The van der Waals surface area contributed by atoms with Crippen molar-refractivity contribution in [1.29, 1.82) is 0 Å². The molecule has 3 aromatic heterocycles. The van der Waals surface area contributed by atoms with E-state index in [9.17, 15) is 0 Å². The van der Waals surface area contributed by atoms with Gasteiger partial charge >= 0.3 is 0 Å². The first kappa shape index (κ1) is 35.9. The van der Waals surface area contributed by atoms with E-state index >= 15 is 0 Å². The molecule has 0 bridgehead atoms. The largest absolute Gasteiger partial charge is 0.500 e. The third kappa shape index (κ3) is 8.02. The average molecular weight is 857 g/mol. The van der Waals surface area contributed by atoms with Gasteiger partial charge in [-0.2, -0.15) is 0 Å². The monoisotopic (exact) mass is 857 g/mol. The van der Waals surface area contributed by atoms with Gasteiger partial charge in [0.25, 0.3) is 0 Å². The van der Waals surface area contributed by atoms with E-state index < -0.39 is 8.07 Å². The molecule has 1 radical (unpaired) electrons. The molecule has 0 unspecified atom stereocenters. The summed E-state index contributed by atoms with van der Waals surface area (Å²) in [4.78, 5) is 9.15. The number of fused-ring (bicyclic) bond motifs is 3. The second-order valence-corrected chi connectivity index (χ2v) is 19.0. The molecule has 0 amide bonds. The molecule has 3 heterocycles. The zero-order valence-corrected chi connectivity index (χ0v) is 33.0. The van der Waals surface area contributed by atoms with Crippen LogP contribution in [0.25, 0.3) is 66.7 Å². The number of rotatable bonds is 6. The molecular weight excluding hydrogens is 817 g/mol. The van der Waals surface area contributed by atoms with E-state index in [0.717, 1.165) is 55.6 Å². The van der Waals surface area contributed by atoms with Crippen molar-refractivity contribution in [3.8, 4) is 44.8 Å². The predicted molar refractivity (Wildman–Crippen MR) is 212 cm³/mol. The van der Waals surface area contributed by atoms with Crippen LogP contribution in [-0.4, -0.2) is 18.0 Å². The number of furan rings is 1. The summed E-state index contributed by atoms with van der Waals surface area (Å²) in [6.07, 6.45) is 3.90. The normalized spacial score (nSPS) is 11.3. The van der Waals surface area contributed by atoms with Gasteiger partial charge in [0, 0.05) is 43.4 Å². The maximum atomic E-state index is 6.43. The molecule has 3 nitrogen and oxygen atoms in total. The van der Waals surface area contributed by atoms with Gasteiger partial charge in [-0.15, -0.1) is 59.7 Å². The van der Waals surface area contributed by atoms with E-state index in [0.29, 0.717) is 5.92 Å². The van der Waals surface area contributed by atoms with Crippen LogP contribution in [0.5, 0.6) is 0 Å². The molecule has 0 aliphatic carbocycles. The van der Waals surface area contributed by atoms with E-state index in [1.54, 1.807) is 0 Å². The quantitative estimate of drug-likeness (QED) is 0.124. The minimum Gasteiger partial charge on any atom is -0.500 e. The molecule has 0 aliphatic heterocycles. The summed E-state index contributed by atoms with van der Waals surface area (Å²) < 4.78 is 6.43. The van der Waals surface area contributed by atoms with Crippen molar-refractivity contribution in [2.45, 2.75) is 39.4 Å². The van der Waals surface area contributed by atoms with Crippen LogP contribution < -0.4 is 5.19 Å². The van der Waals surface area contributed by atoms with Gasteiger partial charge in [0.2, 0.25) is 0 Å². The Morgan fingerprint density at radius 1 is 0.627 bits per heavy atom. The molecule has 0 saturated carbocycles. The fourth-order valence-corrected chi connectivity index (χ4v) is 7.14. The van der Waals surface area contributed by atoms with Crippen LogP contribution >= 0.6 is 0 Å². The smallest absolute Gasteiger partial charge is 0.128 e. The summed E-state index contributed by atoms with van der Waals surface area (Å²) in [6.45, 7) is 11.4. The van der Waals surface area contributed by atoms with Crippen molar-refractivity contribution in [2.24, 2.45) is 0 Å². The van der Waals surface area contributed by atoms with Gasteiger partial charge in [0.1, 0.15) is 5.58 Å². The molecular formula is C46H40IrN2OSi-2. The predicted octanol–water partition coefficient (Wildman–Crippen LogP) is 12.0. The standard InChI is InChI=1S/C32H24NO.C14H16NSi.Ir/c1-21(2)24-15-16-33-30(20-24)25-13-14-31-28(17-25)29-19-26(22-9-5-3-6-10-22)18-27(32(29)34-31)23-11-7-4-8-12-23;1-16(2,3)13-9-10-14(15-11-13)12-7-5-4-6-8-12;/h3-12,14-21H,1-2H3;4-7,9-11H,1-3H3;/q2*-1;. The van der Waals surface area contributed by atoms with Crippen LogP contribution in [-0.2, 0) is 20.1 Å². The molecule has 0 saturated heterocycles. The van der Waals surface area contributed by atoms with Crippen molar-refractivity contribution in [3.63, 3.8) is 0 Å². The van der Waals surface area contributed by atoms with Gasteiger partial charge in [-0.25, -0.2) is 0 Å². The van der Waals surface area contributed by atoms with Crippen molar-refractivity contribution in [1.82, 2.24) is 9.97 Å². The Morgan fingerprint density at radius 3 is 2.00 bits per heavy atom. The van der Waals surface area contributed by atoms with Gasteiger partial charge in [-0.05, 0) is 57.4 Å². The first-order valence-corrected chi connectivity index (χ1v) is 20.7. The first-order chi connectivity index (χ1) is 24.2. The number of hydrogen-bond acceptors (Lipinski definition) is 3. The van der Waals surface area contributed by atoms with E-state index in [-0.39, 0.29) is 20.1 Å². The molecule has 0 atom stereocenters. The van der Waals surface area contributed by atoms with Gasteiger partial charge in [0.05, 0.1) is 13.7 Å². The van der Waals surface area contributed by atoms with Crippen LogP contribution in [0.2, 0.25) is 19.6 Å². The number of hydrogen-bond donors (Lipinski definition) is 0. The SMILES string of the molecule is CC(C)c1ccnc(-c2[c-]cc3oc4c(-c5ccccc5)cc(-c5ccccc5)cc4c3c2)c1.C[Si](C)(C)c1ccc(-c2[c-]cccc2)nc1.[Ir]. The minimum absolute atomic E-state index is 0. The molecule has 0 spiro atoms. The third-order valence-electron chi connectivity index (χ3n) is 9.04. The fourth-order valence-electron chi connectivity index (χ4n) is 6.10. The number of pyridine rings is 2. The Bertz CT molecular complexity index is 2360. The van der Waals surface area contributed by atoms with E-state index in [4.69, 9.17) is 4.42 Å². The Morgan fingerprint density at radius 2 is 1.35 bits per heavy atom. The zero-order chi connectivity index (χ0) is 34.7. The second kappa shape index (κ2) is 15.5. The Labute approximate surface area is 315 Å². The maximum absolute atomic E-state index is 6.43. The fraction of sp³-hybridized carbons (Fsp3) is 0.130. The molecule has 0 aliphatic rings. The molecule has 0 fully saturated rings. The van der Waals surface area contributed by atoms with Crippen molar-refractivity contribution < 1.29 is 24.5 Å². The van der Waals surface area contributed by atoms with E-state index in [1.165, 1.54) is 21.9 Å². The van der Waals surface area contributed by atoms with Gasteiger partial charge in [-0.3, -0.25) is 0 Å². The van der Waals surface area contributed by atoms with Crippen LogP contribution in [0.15, 0.2) is 150 Å². The summed E-state index contributed by atoms with van der Waals surface area (Å²) in [6, 6.07) is 52.6. The molecule has 8 aromatic rings. The van der Waals surface area contributed by atoms with Crippen LogP contribution in [0.4, 0.5) is 0 Å². The average Bonchev–Trinajstić information content (AvgIpc) is 3.53. The van der Waals surface area contributed by atoms with Gasteiger partial charge in [0.15, 0.2) is 0 Å². The molecule has 255 valence electrons. The number of nitrogens with zero attached hydrogens (tertiary/aromatic N) is 2. The summed E-state index contributed by atoms with van der Waals surface area (Å²) in [7, 11) is -1.23. The summed E-state index contributed by atoms with van der Waals surface area (Å²) in [5.41, 5.74) is 11.6. The van der Waals surface area contributed by atoms with Crippen LogP contribution in [0, 0.1) is 12.1 Å². The molecule has 51 heavy (non-hydrogen) atoms. The Hall–Kier alpha value is -4.93. The summed E-state index contributed by atoms with van der Waals surface area (Å²) in [5, 5.41) is 3.58. The molecule has 8 rings (SSSR count). The molecule has 5 aromatic carbocycles. The number of aromatic nitrogens is 2. The third-order valence-corrected chi connectivity index (χ3v) is 11.1. The first-order valence-electron chi connectivity index (χ1n) is 17.2. The topological polar surface area (TPSA) is 38.9 Å². The van der Waals surface area contributed by atoms with Gasteiger partial charge in [-0.1, -0.05) is 123 Å². The van der Waals surface area contributed by atoms with Crippen molar-refractivity contribution in [2.75, 3.05) is 0 Å². The van der Waals surface area contributed by atoms with Crippen LogP contribution in [0.1, 0.15) is 25.3 Å². The summed E-state index contributed by atoms with van der Waals surface area (Å²) >= 11 is 0. The van der Waals surface area contributed by atoms with E-state index in [1.807, 2.05) is 54.9 Å². The Kier molecular flexibility index (Phi) is 10.9. The minimum atomic E-state index is -1.23. The van der Waals surface area contributed by atoms with E-state index in [2.05, 4.69) is 147 Å².